The number of aromatic nitrogens is 1. The second-order valence-corrected chi connectivity index (χ2v) is 6.19. The Kier molecular flexibility index (Phi) is 4.12. The molecule has 3 rings (SSSR count). The van der Waals surface area contributed by atoms with E-state index in [0.29, 0.717) is 18.3 Å². The zero-order valence-electron chi connectivity index (χ0n) is 11.8. The Morgan fingerprint density at radius 3 is 2.95 bits per heavy atom. The van der Waals surface area contributed by atoms with Crippen molar-refractivity contribution in [2.45, 2.75) is 25.5 Å². The van der Waals surface area contributed by atoms with Crippen molar-refractivity contribution in [2.24, 2.45) is 0 Å². The van der Waals surface area contributed by atoms with Crippen LogP contribution in [-0.4, -0.2) is 17.6 Å². The number of methoxy groups -OCH3 is 1. The molecule has 0 spiro atoms. The van der Waals surface area contributed by atoms with Crippen LogP contribution in [-0.2, 0) is 11.3 Å². The normalized spacial score (nSPS) is 14.2. The summed E-state index contributed by atoms with van der Waals surface area (Å²) in [5.74, 6) is -0.0813. The van der Waals surface area contributed by atoms with Gasteiger partial charge in [-0.1, -0.05) is 12.1 Å². The number of hydrogen-bond donors (Lipinski definition) is 1. The predicted octanol–water partition coefficient (Wildman–Crippen LogP) is 3.98. The maximum absolute atomic E-state index is 12.5. The van der Waals surface area contributed by atoms with Crippen LogP contribution < -0.4 is 5.32 Å². The highest BCUT2D eigenvalue weighted by molar-refractivity contribution is 9.10. The number of nitrogens with zero attached hydrogens (tertiary/aromatic N) is 1. The van der Waals surface area contributed by atoms with Crippen LogP contribution in [0.5, 0.6) is 0 Å². The van der Waals surface area contributed by atoms with Gasteiger partial charge in [-0.05, 0) is 52.5 Å². The van der Waals surface area contributed by atoms with Crippen LogP contribution in [0.4, 0.5) is 5.69 Å². The Morgan fingerprint density at radius 2 is 2.24 bits per heavy atom. The summed E-state index contributed by atoms with van der Waals surface area (Å²) < 4.78 is 8.10. The van der Waals surface area contributed by atoms with Crippen molar-refractivity contribution < 1.29 is 9.53 Å². The van der Waals surface area contributed by atoms with Crippen molar-refractivity contribution in [1.82, 2.24) is 4.57 Å². The molecule has 1 fully saturated rings. The van der Waals surface area contributed by atoms with E-state index >= 15 is 0 Å². The number of hydrogen-bond acceptors (Lipinski definition) is 2. The summed E-state index contributed by atoms with van der Waals surface area (Å²) in [6.45, 7) is 0.535. The molecule has 1 aromatic carbocycles. The lowest BCUT2D eigenvalue weighted by Gasteiger charge is -2.09. The first-order chi connectivity index (χ1) is 10.2. The van der Waals surface area contributed by atoms with Gasteiger partial charge in [-0.15, -0.1) is 0 Å². The molecule has 0 aliphatic heterocycles. The number of ether oxygens (including phenoxy) is 1. The fraction of sp³-hybridized carbons (Fsp3) is 0.312. The van der Waals surface area contributed by atoms with Gasteiger partial charge in [-0.3, -0.25) is 4.79 Å². The molecule has 0 atom stereocenters. The Labute approximate surface area is 132 Å². The molecule has 0 unspecified atom stereocenters. The first kappa shape index (κ1) is 14.4. The molecular weight excluding hydrogens is 332 g/mol. The van der Waals surface area contributed by atoms with Gasteiger partial charge in [0, 0.05) is 29.5 Å². The highest BCUT2D eigenvalue weighted by Gasteiger charge is 2.27. The molecule has 0 radical (unpaired) electrons. The lowest BCUT2D eigenvalue weighted by Crippen LogP contribution is -2.16. The van der Waals surface area contributed by atoms with Gasteiger partial charge in [-0.25, -0.2) is 0 Å². The highest BCUT2D eigenvalue weighted by atomic mass is 79.9. The van der Waals surface area contributed by atoms with Gasteiger partial charge in [0.15, 0.2) is 0 Å². The second kappa shape index (κ2) is 6.03. The molecule has 5 heteroatoms. The lowest BCUT2D eigenvalue weighted by molar-refractivity contribution is 0.101. The topological polar surface area (TPSA) is 43.3 Å². The van der Waals surface area contributed by atoms with Crippen molar-refractivity contribution in [3.05, 3.63) is 52.3 Å². The molecule has 0 saturated heterocycles. The number of carbonyl (C=O) groups excluding carboxylic acids is 1. The average Bonchev–Trinajstić information content (AvgIpc) is 3.22. The van der Waals surface area contributed by atoms with Gasteiger partial charge in [0.1, 0.15) is 5.69 Å². The van der Waals surface area contributed by atoms with Crippen molar-refractivity contribution >= 4 is 27.5 Å². The summed E-state index contributed by atoms with van der Waals surface area (Å²) in [4.78, 5) is 12.5. The zero-order valence-corrected chi connectivity index (χ0v) is 13.4. The number of anilines is 1. The lowest BCUT2D eigenvalue weighted by atomic mass is 10.2. The minimum atomic E-state index is -0.0813. The Bertz CT molecular complexity index is 662. The molecule has 1 aliphatic rings. The van der Waals surface area contributed by atoms with E-state index in [1.54, 1.807) is 7.11 Å². The van der Waals surface area contributed by atoms with Crippen molar-refractivity contribution in [3.8, 4) is 0 Å². The summed E-state index contributed by atoms with van der Waals surface area (Å²) in [7, 11) is 1.66. The summed E-state index contributed by atoms with van der Waals surface area (Å²) in [5.41, 5.74) is 2.52. The molecule has 110 valence electrons. The molecule has 1 aromatic heterocycles. The number of carbonyl (C=O) groups is 1. The van der Waals surface area contributed by atoms with E-state index in [1.165, 1.54) is 0 Å². The number of nitrogens with one attached hydrogen (secondary N) is 1. The smallest absolute Gasteiger partial charge is 0.272 e. The van der Waals surface area contributed by atoms with E-state index in [1.807, 2.05) is 36.5 Å². The second-order valence-electron chi connectivity index (χ2n) is 5.27. The van der Waals surface area contributed by atoms with Gasteiger partial charge >= 0.3 is 0 Å². The molecule has 1 saturated carbocycles. The summed E-state index contributed by atoms with van der Waals surface area (Å²) in [6.07, 6.45) is 4.27. The van der Waals surface area contributed by atoms with E-state index in [4.69, 9.17) is 4.74 Å². The molecule has 0 bridgehead atoms. The third-order valence-electron chi connectivity index (χ3n) is 3.48. The summed E-state index contributed by atoms with van der Waals surface area (Å²) in [5, 5.41) is 2.96. The maximum Gasteiger partial charge on any atom is 0.272 e. The van der Waals surface area contributed by atoms with Crippen LogP contribution in [0.25, 0.3) is 0 Å². The third-order valence-corrected chi connectivity index (χ3v) is 3.92. The SMILES string of the molecule is COCc1cccc(NC(=O)c2cc(Br)cn2C2CC2)c1. The Hall–Kier alpha value is -1.59. The maximum atomic E-state index is 12.5. The Morgan fingerprint density at radius 1 is 1.43 bits per heavy atom. The average molecular weight is 349 g/mol. The third kappa shape index (κ3) is 3.36. The van der Waals surface area contributed by atoms with Crippen LogP contribution in [0.3, 0.4) is 0 Å². The van der Waals surface area contributed by atoms with Gasteiger partial charge < -0.3 is 14.6 Å². The zero-order chi connectivity index (χ0) is 14.8. The van der Waals surface area contributed by atoms with E-state index in [2.05, 4.69) is 25.8 Å². The van der Waals surface area contributed by atoms with Crippen molar-refractivity contribution in [3.63, 3.8) is 0 Å². The number of benzene rings is 1. The van der Waals surface area contributed by atoms with E-state index < -0.39 is 0 Å². The molecular formula is C16H17BrN2O2. The van der Waals surface area contributed by atoms with Crippen LogP contribution >= 0.6 is 15.9 Å². The fourth-order valence-electron chi connectivity index (χ4n) is 2.38. The number of amides is 1. The van der Waals surface area contributed by atoms with Gasteiger partial charge in [0.05, 0.1) is 6.61 Å². The molecule has 21 heavy (non-hydrogen) atoms. The van der Waals surface area contributed by atoms with Crippen LogP contribution in [0.15, 0.2) is 41.0 Å². The van der Waals surface area contributed by atoms with Gasteiger partial charge in [-0.2, -0.15) is 0 Å². The summed E-state index contributed by atoms with van der Waals surface area (Å²) >= 11 is 3.45. The molecule has 1 heterocycles. The molecule has 1 amide bonds. The van der Waals surface area contributed by atoms with Crippen LogP contribution in [0, 0.1) is 0 Å². The number of halogens is 1. The van der Waals surface area contributed by atoms with E-state index in [9.17, 15) is 4.79 Å². The van der Waals surface area contributed by atoms with Gasteiger partial charge in [0.2, 0.25) is 0 Å². The minimum Gasteiger partial charge on any atom is -0.380 e. The first-order valence-corrected chi connectivity index (χ1v) is 7.73. The fourth-order valence-corrected chi connectivity index (χ4v) is 2.82. The van der Waals surface area contributed by atoms with Crippen LogP contribution in [0.2, 0.25) is 0 Å². The highest BCUT2D eigenvalue weighted by Crippen LogP contribution is 2.37. The first-order valence-electron chi connectivity index (χ1n) is 6.94. The van der Waals surface area contributed by atoms with Crippen LogP contribution in [0.1, 0.15) is 34.9 Å². The van der Waals surface area contributed by atoms with Crippen molar-refractivity contribution in [2.75, 3.05) is 12.4 Å². The minimum absolute atomic E-state index is 0.0813. The molecule has 4 nitrogen and oxygen atoms in total. The van der Waals surface area contributed by atoms with E-state index in [0.717, 1.165) is 28.6 Å². The predicted molar refractivity (Wildman–Crippen MR) is 85.5 cm³/mol. The standard InChI is InChI=1S/C16H17BrN2O2/c1-21-10-11-3-2-4-13(7-11)18-16(20)15-8-12(17)9-19(15)14-5-6-14/h2-4,7-9,14H,5-6,10H2,1H3,(H,18,20). The van der Waals surface area contributed by atoms with Gasteiger partial charge in [0.25, 0.3) is 5.91 Å². The van der Waals surface area contributed by atoms with E-state index in [-0.39, 0.29) is 5.91 Å². The van der Waals surface area contributed by atoms with Crippen molar-refractivity contribution in [1.29, 1.82) is 0 Å². The largest absolute Gasteiger partial charge is 0.380 e. The molecule has 2 aromatic rings. The number of rotatable bonds is 5. The quantitative estimate of drug-likeness (QED) is 0.887. The molecule has 1 aliphatic carbocycles. The molecule has 1 N–H and O–H groups in total. The Balaban J connectivity index is 1.78. The monoisotopic (exact) mass is 348 g/mol. The summed E-state index contributed by atoms with van der Waals surface area (Å²) in [6, 6.07) is 10.0.